The zero-order valence-electron chi connectivity index (χ0n) is 10.8. The van der Waals surface area contributed by atoms with Gasteiger partial charge in [0.25, 0.3) is 0 Å². The Morgan fingerprint density at radius 2 is 2.18 bits per heavy atom. The second-order valence-electron chi connectivity index (χ2n) is 5.10. The summed E-state index contributed by atoms with van der Waals surface area (Å²) in [6.07, 6.45) is 6.96. The van der Waals surface area contributed by atoms with E-state index < -0.39 is 0 Å². The van der Waals surface area contributed by atoms with Crippen LogP contribution in [0.15, 0.2) is 6.07 Å². The Kier molecular flexibility index (Phi) is 4.89. The fraction of sp³-hybridized carbons (Fsp3) is 0.714. The molecule has 1 nitrogen and oxygen atoms in total. The minimum atomic E-state index is 0.513. The van der Waals surface area contributed by atoms with Crippen LogP contribution in [-0.2, 0) is 0 Å². The van der Waals surface area contributed by atoms with Crippen molar-refractivity contribution in [2.24, 2.45) is 5.92 Å². The summed E-state index contributed by atoms with van der Waals surface area (Å²) < 4.78 is 0.953. The van der Waals surface area contributed by atoms with Crippen LogP contribution in [-0.4, -0.2) is 6.54 Å². The maximum Gasteiger partial charge on any atom is 0.0960 e. The minimum Gasteiger partial charge on any atom is -0.310 e. The lowest BCUT2D eigenvalue weighted by atomic mass is 9.97. The first-order valence-electron chi connectivity index (χ1n) is 6.70. The van der Waals surface area contributed by atoms with Gasteiger partial charge in [0, 0.05) is 10.9 Å². The molecule has 0 radical (unpaired) electrons. The lowest BCUT2D eigenvalue weighted by molar-refractivity contribution is 0.404. The van der Waals surface area contributed by atoms with Gasteiger partial charge in [-0.1, -0.05) is 44.2 Å². The largest absolute Gasteiger partial charge is 0.310 e. The van der Waals surface area contributed by atoms with Gasteiger partial charge in [-0.3, -0.25) is 0 Å². The molecule has 0 bridgehead atoms. The molecule has 0 aromatic carbocycles. The minimum absolute atomic E-state index is 0.513. The molecule has 1 saturated carbocycles. The van der Waals surface area contributed by atoms with Crippen LogP contribution in [0, 0.1) is 12.8 Å². The Hall–Kier alpha value is -0.0500. The van der Waals surface area contributed by atoms with Crippen molar-refractivity contribution in [3.05, 3.63) is 20.8 Å². The summed E-state index contributed by atoms with van der Waals surface area (Å²) in [6.45, 7) is 5.32. The van der Waals surface area contributed by atoms with Crippen LogP contribution in [0.5, 0.6) is 0 Å². The van der Waals surface area contributed by atoms with E-state index >= 15 is 0 Å². The van der Waals surface area contributed by atoms with Gasteiger partial charge in [-0.05, 0) is 37.4 Å². The van der Waals surface area contributed by atoms with Gasteiger partial charge in [0.2, 0.25) is 0 Å². The Morgan fingerprint density at radius 3 is 2.71 bits per heavy atom. The summed E-state index contributed by atoms with van der Waals surface area (Å²) in [4.78, 5) is 1.42. The monoisotopic (exact) mass is 271 g/mol. The van der Waals surface area contributed by atoms with Crippen molar-refractivity contribution in [3.8, 4) is 0 Å². The first-order valence-corrected chi connectivity index (χ1v) is 7.89. The Labute approximate surface area is 114 Å². The molecule has 3 heteroatoms. The summed E-state index contributed by atoms with van der Waals surface area (Å²) in [7, 11) is 0. The van der Waals surface area contributed by atoms with E-state index in [1.54, 1.807) is 11.3 Å². The molecule has 0 amide bonds. The molecule has 0 spiro atoms. The van der Waals surface area contributed by atoms with Crippen LogP contribution in [0.1, 0.15) is 55.5 Å². The van der Waals surface area contributed by atoms with E-state index in [2.05, 4.69) is 25.2 Å². The first kappa shape index (κ1) is 13.4. The maximum atomic E-state index is 6.18. The molecule has 1 fully saturated rings. The molecular weight excluding hydrogens is 250 g/mol. The average Bonchev–Trinajstić information content (AvgIpc) is 2.90. The van der Waals surface area contributed by atoms with Gasteiger partial charge >= 0.3 is 0 Å². The number of halogens is 1. The number of rotatable bonds is 5. The number of nitrogens with one attached hydrogen (secondary N) is 1. The zero-order valence-corrected chi connectivity index (χ0v) is 12.3. The fourth-order valence-electron chi connectivity index (χ4n) is 2.78. The van der Waals surface area contributed by atoms with Gasteiger partial charge in [-0.15, -0.1) is 11.3 Å². The van der Waals surface area contributed by atoms with Crippen LogP contribution in [0.25, 0.3) is 0 Å². The highest BCUT2D eigenvalue weighted by molar-refractivity contribution is 7.16. The topological polar surface area (TPSA) is 12.0 Å². The van der Waals surface area contributed by atoms with E-state index in [1.165, 1.54) is 42.5 Å². The molecule has 1 N–H and O–H groups in total. The van der Waals surface area contributed by atoms with Crippen molar-refractivity contribution in [2.45, 2.75) is 52.0 Å². The summed E-state index contributed by atoms with van der Waals surface area (Å²) in [6, 6.07) is 2.77. The molecule has 0 aliphatic heterocycles. The third-order valence-corrected chi connectivity index (χ3v) is 5.38. The van der Waals surface area contributed by atoms with E-state index in [0.29, 0.717) is 6.04 Å². The van der Waals surface area contributed by atoms with Gasteiger partial charge < -0.3 is 5.32 Å². The summed E-state index contributed by atoms with van der Waals surface area (Å²) >= 11 is 7.93. The van der Waals surface area contributed by atoms with Gasteiger partial charge in [0.15, 0.2) is 0 Å². The normalized spacial score (nSPS) is 18.8. The van der Waals surface area contributed by atoms with Crippen LogP contribution in [0.4, 0.5) is 0 Å². The van der Waals surface area contributed by atoms with Crippen LogP contribution >= 0.6 is 22.9 Å². The number of thiophene rings is 1. The van der Waals surface area contributed by atoms with Gasteiger partial charge in [0.1, 0.15) is 0 Å². The lowest BCUT2D eigenvalue weighted by Gasteiger charge is -2.20. The molecule has 96 valence electrons. The second kappa shape index (κ2) is 6.21. The first-order chi connectivity index (χ1) is 8.20. The quantitative estimate of drug-likeness (QED) is 0.800. The Bertz CT molecular complexity index is 336. The van der Waals surface area contributed by atoms with Crippen molar-refractivity contribution < 1.29 is 0 Å². The van der Waals surface area contributed by atoms with E-state index in [-0.39, 0.29) is 0 Å². The van der Waals surface area contributed by atoms with E-state index in [9.17, 15) is 0 Å². The number of aryl methyl sites for hydroxylation is 1. The smallest absolute Gasteiger partial charge is 0.0960 e. The lowest BCUT2D eigenvalue weighted by Crippen LogP contribution is -2.22. The highest BCUT2D eigenvalue weighted by Gasteiger charge is 2.22. The molecule has 1 aliphatic carbocycles. The van der Waals surface area contributed by atoms with Gasteiger partial charge in [0.05, 0.1) is 4.34 Å². The van der Waals surface area contributed by atoms with Crippen LogP contribution < -0.4 is 5.32 Å². The predicted octanol–water partition coefficient (Wildman–Crippen LogP) is 4.94. The molecule has 1 heterocycles. The summed E-state index contributed by atoms with van der Waals surface area (Å²) in [5.41, 5.74) is 1.22. The zero-order chi connectivity index (χ0) is 12.3. The van der Waals surface area contributed by atoms with Gasteiger partial charge in [-0.25, -0.2) is 0 Å². The predicted molar refractivity (Wildman–Crippen MR) is 77.1 cm³/mol. The van der Waals surface area contributed by atoms with E-state index in [0.717, 1.165) is 16.8 Å². The van der Waals surface area contributed by atoms with Crippen molar-refractivity contribution >= 4 is 22.9 Å². The molecule has 1 aliphatic rings. The SMILES string of the molecule is CCNC(CC1CCCC1)c1cc(C)c(Cl)s1. The Balaban J connectivity index is 2.04. The maximum absolute atomic E-state index is 6.18. The molecule has 1 unspecified atom stereocenters. The molecule has 1 atom stereocenters. The van der Waals surface area contributed by atoms with Crippen LogP contribution in [0.2, 0.25) is 4.34 Å². The van der Waals surface area contributed by atoms with Crippen molar-refractivity contribution in [1.82, 2.24) is 5.32 Å². The van der Waals surface area contributed by atoms with E-state index in [1.807, 2.05) is 0 Å². The van der Waals surface area contributed by atoms with Crippen molar-refractivity contribution in [2.75, 3.05) is 6.54 Å². The highest BCUT2D eigenvalue weighted by Crippen LogP contribution is 2.37. The third kappa shape index (κ3) is 3.46. The molecule has 1 aromatic rings. The second-order valence-corrected chi connectivity index (χ2v) is 6.79. The van der Waals surface area contributed by atoms with Crippen LogP contribution in [0.3, 0.4) is 0 Å². The molecule has 0 saturated heterocycles. The Morgan fingerprint density at radius 1 is 1.47 bits per heavy atom. The summed E-state index contributed by atoms with van der Waals surface area (Å²) in [5, 5.41) is 3.62. The number of hydrogen-bond acceptors (Lipinski definition) is 2. The average molecular weight is 272 g/mol. The highest BCUT2D eigenvalue weighted by atomic mass is 35.5. The summed E-state index contributed by atoms with van der Waals surface area (Å²) in [5.74, 6) is 0.917. The van der Waals surface area contributed by atoms with Crippen molar-refractivity contribution in [3.63, 3.8) is 0 Å². The van der Waals surface area contributed by atoms with Gasteiger partial charge in [-0.2, -0.15) is 0 Å². The molecule has 1 aromatic heterocycles. The van der Waals surface area contributed by atoms with E-state index in [4.69, 9.17) is 11.6 Å². The fourth-order valence-corrected chi connectivity index (χ4v) is 4.09. The van der Waals surface area contributed by atoms with Crippen molar-refractivity contribution in [1.29, 1.82) is 0 Å². The molecule has 17 heavy (non-hydrogen) atoms. The standard InChI is InChI=1S/C14H22ClNS/c1-3-16-12(9-11-6-4-5-7-11)13-8-10(2)14(15)17-13/h8,11-12,16H,3-7,9H2,1-2H3. The number of hydrogen-bond donors (Lipinski definition) is 1. The molecular formula is C14H22ClNS. The molecule has 2 rings (SSSR count). The third-order valence-electron chi connectivity index (χ3n) is 3.71.